The van der Waals surface area contributed by atoms with E-state index in [4.69, 9.17) is 11.6 Å². The summed E-state index contributed by atoms with van der Waals surface area (Å²) >= 11 is 6.71. The number of hydrogen-bond acceptors (Lipinski definition) is 7. The van der Waals surface area contributed by atoms with Gasteiger partial charge in [0.15, 0.2) is 5.78 Å². The number of ketones is 1. The minimum atomic E-state index is -4.83. The van der Waals surface area contributed by atoms with Gasteiger partial charge in [-0.3, -0.25) is 20.3 Å². The highest BCUT2D eigenvalue weighted by atomic mass is 35.5. The number of halogens is 4. The lowest BCUT2D eigenvalue weighted by molar-refractivity contribution is -0.384. The van der Waals surface area contributed by atoms with Crippen LogP contribution in [0.1, 0.15) is 16.8 Å². The first-order chi connectivity index (χ1) is 14.6. The van der Waals surface area contributed by atoms with Crippen molar-refractivity contribution >= 4 is 45.3 Å². The Morgan fingerprint density at radius 3 is 2.39 bits per heavy atom. The molecule has 0 amide bonds. The number of carbonyl (C=O) groups is 1. The third-order valence-electron chi connectivity index (χ3n) is 3.99. The van der Waals surface area contributed by atoms with Crippen LogP contribution < -0.4 is 5.43 Å². The first-order valence-corrected chi connectivity index (χ1v) is 9.78. The lowest BCUT2D eigenvalue weighted by Crippen LogP contribution is -2.27. The molecule has 0 radical (unpaired) electrons. The Hall–Kier alpha value is -3.31. The lowest BCUT2D eigenvalue weighted by atomic mass is 10.1. The van der Waals surface area contributed by atoms with Crippen LogP contribution in [0.25, 0.3) is 11.3 Å². The minimum absolute atomic E-state index is 0.0639. The fourth-order valence-corrected chi connectivity index (χ4v) is 3.21. The third kappa shape index (κ3) is 5.86. The number of nitro benzene ring substituents is 1. The average molecular weight is 469 g/mol. The van der Waals surface area contributed by atoms with Crippen molar-refractivity contribution in [1.29, 1.82) is 0 Å². The molecule has 12 heteroatoms. The topological polar surface area (TPSA) is 97.5 Å². The number of non-ortho nitro benzene ring substituents is 1. The number of Topliss-reactive ketones (excluding diaryl/α,β-unsaturated/α-hetero) is 1. The van der Waals surface area contributed by atoms with Crippen LogP contribution in [0.5, 0.6) is 0 Å². The van der Waals surface area contributed by atoms with Gasteiger partial charge in [-0.25, -0.2) is 4.98 Å². The predicted octanol–water partition coefficient (Wildman–Crippen LogP) is 5.97. The normalized spacial score (nSPS) is 11.9. The summed E-state index contributed by atoms with van der Waals surface area (Å²) in [7, 11) is 0. The molecule has 3 aromatic rings. The minimum Gasteiger partial charge on any atom is -0.294 e. The first kappa shape index (κ1) is 22.4. The molecular weight excluding hydrogens is 457 g/mol. The van der Waals surface area contributed by atoms with Crippen molar-refractivity contribution in [1.82, 2.24) is 4.98 Å². The van der Waals surface area contributed by atoms with Crippen molar-refractivity contribution in [3.63, 3.8) is 0 Å². The fourth-order valence-electron chi connectivity index (χ4n) is 2.42. The van der Waals surface area contributed by atoms with Gasteiger partial charge in [-0.05, 0) is 36.4 Å². The molecule has 0 unspecified atom stereocenters. The van der Waals surface area contributed by atoms with E-state index in [2.05, 4.69) is 15.5 Å². The predicted molar refractivity (Wildman–Crippen MR) is 112 cm³/mol. The zero-order chi connectivity index (χ0) is 22.6. The average Bonchev–Trinajstić information content (AvgIpc) is 3.19. The molecule has 1 heterocycles. The SMILES string of the molecule is O=C(CC(=NNc1nc(-c2ccc([N+](=O)[O-])cc2)cs1)C(F)(F)F)c1ccc(Cl)cc1. The van der Waals surface area contributed by atoms with E-state index >= 15 is 0 Å². The Labute approximate surface area is 182 Å². The number of thiazole rings is 1. The molecule has 3 rings (SSSR count). The lowest BCUT2D eigenvalue weighted by Gasteiger charge is -2.10. The monoisotopic (exact) mass is 468 g/mol. The van der Waals surface area contributed by atoms with Crippen molar-refractivity contribution in [3.8, 4) is 11.3 Å². The van der Waals surface area contributed by atoms with E-state index in [-0.39, 0.29) is 16.4 Å². The Bertz CT molecular complexity index is 1130. The summed E-state index contributed by atoms with van der Waals surface area (Å²) in [5.41, 5.74) is 1.86. The van der Waals surface area contributed by atoms with E-state index in [1.54, 1.807) is 5.38 Å². The van der Waals surface area contributed by atoms with Gasteiger partial charge in [0.1, 0.15) is 5.71 Å². The van der Waals surface area contributed by atoms with Gasteiger partial charge in [-0.15, -0.1) is 11.3 Å². The molecule has 31 heavy (non-hydrogen) atoms. The molecule has 160 valence electrons. The van der Waals surface area contributed by atoms with Gasteiger partial charge in [0.05, 0.1) is 17.0 Å². The summed E-state index contributed by atoms with van der Waals surface area (Å²) in [5.74, 6) is -0.764. The zero-order valence-corrected chi connectivity index (χ0v) is 17.0. The maximum Gasteiger partial charge on any atom is 0.431 e. The highest BCUT2D eigenvalue weighted by Gasteiger charge is 2.37. The Balaban J connectivity index is 1.74. The van der Waals surface area contributed by atoms with Gasteiger partial charge in [-0.2, -0.15) is 18.3 Å². The maximum atomic E-state index is 13.3. The summed E-state index contributed by atoms with van der Waals surface area (Å²) in [6, 6.07) is 11.0. The van der Waals surface area contributed by atoms with Crippen LogP contribution in [0.2, 0.25) is 5.02 Å². The zero-order valence-electron chi connectivity index (χ0n) is 15.4. The molecule has 1 aromatic heterocycles. The highest BCUT2D eigenvalue weighted by molar-refractivity contribution is 7.14. The van der Waals surface area contributed by atoms with Crippen molar-refractivity contribution in [2.75, 3.05) is 5.43 Å². The number of benzene rings is 2. The van der Waals surface area contributed by atoms with E-state index < -0.39 is 29.0 Å². The quantitative estimate of drug-likeness (QED) is 0.199. The smallest absolute Gasteiger partial charge is 0.294 e. The third-order valence-corrected chi connectivity index (χ3v) is 4.98. The van der Waals surface area contributed by atoms with Crippen LogP contribution in [0.15, 0.2) is 59.0 Å². The molecule has 0 aliphatic heterocycles. The summed E-state index contributed by atoms with van der Waals surface area (Å²) in [6.45, 7) is 0. The molecule has 7 nitrogen and oxygen atoms in total. The van der Waals surface area contributed by atoms with Gasteiger partial charge < -0.3 is 0 Å². The number of hydrogen-bond donors (Lipinski definition) is 1. The van der Waals surface area contributed by atoms with Crippen LogP contribution in [0, 0.1) is 10.1 Å². The van der Waals surface area contributed by atoms with E-state index in [9.17, 15) is 28.1 Å². The second-order valence-electron chi connectivity index (χ2n) is 6.12. The van der Waals surface area contributed by atoms with Crippen molar-refractivity contribution in [3.05, 3.63) is 74.6 Å². The number of rotatable bonds is 7. The van der Waals surface area contributed by atoms with E-state index in [0.29, 0.717) is 16.3 Å². The second kappa shape index (κ2) is 9.23. The number of hydrazone groups is 1. The molecule has 0 saturated heterocycles. The summed E-state index contributed by atoms with van der Waals surface area (Å²) < 4.78 is 40.0. The second-order valence-corrected chi connectivity index (χ2v) is 7.41. The largest absolute Gasteiger partial charge is 0.431 e. The standard InChI is InChI=1S/C19H12ClF3N4O3S/c20-13-5-1-12(2-6-13)16(28)9-17(19(21,22)23)25-26-18-24-15(10-31-18)11-3-7-14(8-4-11)27(29)30/h1-8,10H,9H2,(H,24,26). The van der Waals surface area contributed by atoms with Crippen LogP contribution in [0.3, 0.4) is 0 Å². The van der Waals surface area contributed by atoms with E-state index in [1.165, 1.54) is 48.5 Å². The molecular formula is C19H12ClF3N4O3S. The maximum absolute atomic E-state index is 13.3. The number of carbonyl (C=O) groups excluding carboxylic acids is 1. The van der Waals surface area contributed by atoms with Crippen LogP contribution in [0.4, 0.5) is 24.0 Å². The summed E-state index contributed by atoms with van der Waals surface area (Å²) in [5, 5.41) is 16.0. The van der Waals surface area contributed by atoms with Gasteiger partial charge >= 0.3 is 6.18 Å². The van der Waals surface area contributed by atoms with Gasteiger partial charge in [0, 0.05) is 33.7 Å². The Morgan fingerprint density at radius 2 is 1.81 bits per heavy atom. The number of alkyl halides is 3. The van der Waals surface area contributed by atoms with E-state index in [1.807, 2.05) is 0 Å². The van der Waals surface area contributed by atoms with Gasteiger partial charge in [0.25, 0.3) is 5.69 Å². The van der Waals surface area contributed by atoms with E-state index in [0.717, 1.165) is 11.3 Å². The van der Waals surface area contributed by atoms with Crippen molar-refractivity contribution < 1.29 is 22.9 Å². The molecule has 1 N–H and O–H groups in total. The number of nitrogens with one attached hydrogen (secondary N) is 1. The van der Waals surface area contributed by atoms with Crippen LogP contribution in [-0.4, -0.2) is 27.6 Å². The first-order valence-electron chi connectivity index (χ1n) is 8.52. The highest BCUT2D eigenvalue weighted by Crippen LogP contribution is 2.27. The molecule has 0 atom stereocenters. The van der Waals surface area contributed by atoms with Crippen LogP contribution in [-0.2, 0) is 0 Å². The Kier molecular flexibility index (Phi) is 6.66. The number of aromatic nitrogens is 1. The van der Waals surface area contributed by atoms with Crippen molar-refractivity contribution in [2.24, 2.45) is 5.10 Å². The summed E-state index contributed by atoms with van der Waals surface area (Å²) in [4.78, 5) is 26.5. The molecule has 0 fully saturated rings. The number of nitro groups is 1. The van der Waals surface area contributed by atoms with Gasteiger partial charge in [-0.1, -0.05) is 11.6 Å². The fraction of sp³-hybridized carbons (Fsp3) is 0.105. The van der Waals surface area contributed by atoms with Crippen molar-refractivity contribution in [2.45, 2.75) is 12.6 Å². The Morgan fingerprint density at radius 1 is 1.16 bits per heavy atom. The molecule has 0 spiro atoms. The number of anilines is 1. The summed E-state index contributed by atoms with van der Waals surface area (Å²) in [6.07, 6.45) is -5.79. The molecule has 0 bridgehead atoms. The molecule has 0 aliphatic carbocycles. The number of nitrogens with zero attached hydrogens (tertiary/aromatic N) is 3. The molecule has 0 aliphatic rings. The van der Waals surface area contributed by atoms with Crippen LogP contribution >= 0.6 is 22.9 Å². The molecule has 2 aromatic carbocycles. The molecule has 0 saturated carbocycles. The van der Waals surface area contributed by atoms with Gasteiger partial charge in [0.2, 0.25) is 5.13 Å².